The molecular weight excluding hydrogens is 299 g/mol. The van der Waals surface area contributed by atoms with E-state index in [9.17, 15) is 14.0 Å². The number of piperidine rings is 1. The second-order valence-corrected chi connectivity index (χ2v) is 5.71. The van der Waals surface area contributed by atoms with Crippen molar-refractivity contribution in [1.82, 2.24) is 10.2 Å². The molecule has 1 aromatic rings. The monoisotopic (exact) mass is 322 g/mol. The van der Waals surface area contributed by atoms with Crippen LogP contribution in [0.1, 0.15) is 12.8 Å². The molecule has 1 atom stereocenters. The number of amides is 2. The molecule has 4 N–H and O–H groups in total. The van der Waals surface area contributed by atoms with Crippen molar-refractivity contribution in [3.63, 3.8) is 0 Å². The quantitative estimate of drug-likeness (QED) is 0.714. The summed E-state index contributed by atoms with van der Waals surface area (Å²) in [5.41, 5.74) is 5.94. The molecule has 7 heteroatoms. The maximum absolute atomic E-state index is 12.8. The van der Waals surface area contributed by atoms with Crippen LogP contribution in [0.2, 0.25) is 0 Å². The molecule has 1 saturated heterocycles. The van der Waals surface area contributed by atoms with Gasteiger partial charge in [0, 0.05) is 25.3 Å². The average molecular weight is 322 g/mol. The molecule has 1 heterocycles. The van der Waals surface area contributed by atoms with E-state index in [0.29, 0.717) is 25.3 Å². The fourth-order valence-corrected chi connectivity index (χ4v) is 2.69. The topological polar surface area (TPSA) is 87.5 Å². The van der Waals surface area contributed by atoms with Crippen LogP contribution < -0.4 is 16.4 Å². The Morgan fingerprint density at radius 1 is 1.30 bits per heavy atom. The predicted octanol–water partition coefficient (Wildman–Crippen LogP) is 0.551. The molecule has 0 spiro atoms. The zero-order valence-electron chi connectivity index (χ0n) is 13.1. The highest BCUT2D eigenvalue weighted by Gasteiger charge is 2.26. The molecule has 126 valence electrons. The molecular formula is C16H23FN4O2. The highest BCUT2D eigenvalue weighted by molar-refractivity contribution is 5.92. The number of carbonyl (C=O) groups excluding carboxylic acids is 2. The van der Waals surface area contributed by atoms with Crippen molar-refractivity contribution in [2.45, 2.75) is 12.8 Å². The molecule has 1 fully saturated rings. The van der Waals surface area contributed by atoms with E-state index in [1.54, 1.807) is 0 Å². The number of likely N-dealkylation sites (tertiary alicyclic amines) is 1. The van der Waals surface area contributed by atoms with Crippen LogP contribution in [0.4, 0.5) is 10.1 Å². The van der Waals surface area contributed by atoms with Gasteiger partial charge in [-0.2, -0.15) is 0 Å². The first-order valence-electron chi connectivity index (χ1n) is 7.84. The van der Waals surface area contributed by atoms with Crippen LogP contribution in [-0.4, -0.2) is 49.4 Å². The lowest BCUT2D eigenvalue weighted by molar-refractivity contribution is -0.127. The predicted molar refractivity (Wildman–Crippen MR) is 86.3 cm³/mol. The third-order valence-corrected chi connectivity index (χ3v) is 3.82. The molecule has 6 nitrogen and oxygen atoms in total. The number of nitrogens with zero attached hydrogens (tertiary/aromatic N) is 1. The molecule has 1 aromatic carbocycles. The van der Waals surface area contributed by atoms with Crippen LogP contribution in [0.25, 0.3) is 0 Å². The van der Waals surface area contributed by atoms with Crippen molar-refractivity contribution < 1.29 is 14.0 Å². The normalized spacial score (nSPS) is 18.4. The van der Waals surface area contributed by atoms with Gasteiger partial charge < -0.3 is 16.4 Å². The number of carbonyl (C=O) groups is 2. The standard InChI is InChI=1S/C16H23FN4O2/c17-13-3-5-14(6-4-13)20-15(22)11-21-9-1-2-12(10-21)16(23)19-8-7-18/h3-6,12H,1-2,7-11,18H2,(H,19,23)(H,20,22). The van der Waals surface area contributed by atoms with Gasteiger partial charge in [-0.25, -0.2) is 4.39 Å². The van der Waals surface area contributed by atoms with Crippen LogP contribution in [0.15, 0.2) is 24.3 Å². The minimum atomic E-state index is -0.342. The van der Waals surface area contributed by atoms with E-state index in [1.807, 2.05) is 4.90 Å². The molecule has 0 aromatic heterocycles. The van der Waals surface area contributed by atoms with Crippen LogP contribution in [0, 0.1) is 11.7 Å². The minimum absolute atomic E-state index is 0.000840. The number of benzene rings is 1. The molecule has 1 aliphatic rings. The van der Waals surface area contributed by atoms with E-state index < -0.39 is 0 Å². The summed E-state index contributed by atoms with van der Waals surface area (Å²) in [4.78, 5) is 26.0. The van der Waals surface area contributed by atoms with Gasteiger partial charge in [0.25, 0.3) is 0 Å². The smallest absolute Gasteiger partial charge is 0.238 e. The molecule has 0 bridgehead atoms. The summed E-state index contributed by atoms with van der Waals surface area (Å²) in [5, 5.41) is 5.52. The Morgan fingerprint density at radius 2 is 2.04 bits per heavy atom. The molecule has 23 heavy (non-hydrogen) atoms. The summed E-state index contributed by atoms with van der Waals surface area (Å²) in [6.45, 7) is 2.46. The first-order chi connectivity index (χ1) is 11.1. The van der Waals surface area contributed by atoms with E-state index in [-0.39, 0.29) is 30.1 Å². The maximum Gasteiger partial charge on any atom is 0.238 e. The molecule has 0 aliphatic carbocycles. The lowest BCUT2D eigenvalue weighted by Crippen LogP contribution is -2.46. The Labute approximate surface area is 135 Å². The van der Waals surface area contributed by atoms with Crippen LogP contribution in [-0.2, 0) is 9.59 Å². The summed E-state index contributed by atoms with van der Waals surface area (Å²) < 4.78 is 12.8. The van der Waals surface area contributed by atoms with Crippen molar-refractivity contribution in [3.8, 4) is 0 Å². The lowest BCUT2D eigenvalue weighted by atomic mass is 9.97. The van der Waals surface area contributed by atoms with Gasteiger partial charge in [0.05, 0.1) is 12.5 Å². The van der Waals surface area contributed by atoms with E-state index in [1.165, 1.54) is 24.3 Å². The third kappa shape index (κ3) is 5.61. The number of hydrogen-bond acceptors (Lipinski definition) is 4. The highest BCUT2D eigenvalue weighted by Crippen LogP contribution is 2.16. The van der Waals surface area contributed by atoms with Crippen LogP contribution in [0.5, 0.6) is 0 Å². The first-order valence-corrected chi connectivity index (χ1v) is 7.84. The van der Waals surface area contributed by atoms with Gasteiger partial charge in [0.1, 0.15) is 5.82 Å². The zero-order valence-corrected chi connectivity index (χ0v) is 13.1. The van der Waals surface area contributed by atoms with Gasteiger partial charge in [-0.3, -0.25) is 14.5 Å². The van der Waals surface area contributed by atoms with Gasteiger partial charge >= 0.3 is 0 Å². The molecule has 1 unspecified atom stereocenters. The lowest BCUT2D eigenvalue weighted by Gasteiger charge is -2.31. The van der Waals surface area contributed by atoms with E-state index >= 15 is 0 Å². The van der Waals surface area contributed by atoms with E-state index in [0.717, 1.165) is 19.4 Å². The molecule has 0 saturated carbocycles. The summed E-state index contributed by atoms with van der Waals surface area (Å²) in [6, 6.07) is 5.64. The molecule has 2 amide bonds. The van der Waals surface area contributed by atoms with Gasteiger partial charge in [-0.1, -0.05) is 0 Å². The number of halogens is 1. The van der Waals surface area contributed by atoms with Gasteiger partial charge in [-0.05, 0) is 43.7 Å². The number of anilines is 1. The Kier molecular flexibility index (Phi) is 6.49. The fraction of sp³-hybridized carbons (Fsp3) is 0.500. The summed E-state index contributed by atoms with van der Waals surface area (Å²) in [5.74, 6) is -0.613. The number of nitrogens with two attached hydrogens (primary N) is 1. The second kappa shape index (κ2) is 8.59. The van der Waals surface area contributed by atoms with Gasteiger partial charge in [0.15, 0.2) is 0 Å². The van der Waals surface area contributed by atoms with E-state index in [4.69, 9.17) is 5.73 Å². The van der Waals surface area contributed by atoms with Crippen molar-refractivity contribution in [2.75, 3.05) is 38.0 Å². The van der Waals surface area contributed by atoms with Crippen molar-refractivity contribution >= 4 is 17.5 Å². The summed E-state index contributed by atoms with van der Waals surface area (Å²) >= 11 is 0. The third-order valence-electron chi connectivity index (χ3n) is 3.82. The molecule has 2 rings (SSSR count). The Hall–Kier alpha value is -1.99. The van der Waals surface area contributed by atoms with E-state index in [2.05, 4.69) is 10.6 Å². The number of rotatable bonds is 6. The summed E-state index contributed by atoms with van der Waals surface area (Å²) in [7, 11) is 0. The number of hydrogen-bond donors (Lipinski definition) is 3. The molecule has 0 radical (unpaired) electrons. The Morgan fingerprint density at radius 3 is 2.74 bits per heavy atom. The van der Waals surface area contributed by atoms with Gasteiger partial charge in [-0.15, -0.1) is 0 Å². The Bertz CT molecular complexity index is 535. The highest BCUT2D eigenvalue weighted by atomic mass is 19.1. The van der Waals surface area contributed by atoms with Crippen molar-refractivity contribution in [2.24, 2.45) is 11.7 Å². The largest absolute Gasteiger partial charge is 0.355 e. The first kappa shape index (κ1) is 17.4. The van der Waals surface area contributed by atoms with Gasteiger partial charge in [0.2, 0.25) is 11.8 Å². The fourth-order valence-electron chi connectivity index (χ4n) is 2.69. The van der Waals surface area contributed by atoms with Crippen molar-refractivity contribution in [3.05, 3.63) is 30.1 Å². The Balaban J connectivity index is 1.81. The SMILES string of the molecule is NCCNC(=O)C1CCCN(CC(=O)Nc2ccc(F)cc2)C1. The zero-order chi connectivity index (χ0) is 16.7. The second-order valence-electron chi connectivity index (χ2n) is 5.71. The van der Waals surface area contributed by atoms with Crippen molar-refractivity contribution in [1.29, 1.82) is 0 Å². The summed E-state index contributed by atoms with van der Waals surface area (Å²) in [6.07, 6.45) is 1.71. The molecule has 1 aliphatic heterocycles. The minimum Gasteiger partial charge on any atom is -0.355 e. The number of nitrogens with one attached hydrogen (secondary N) is 2. The van der Waals surface area contributed by atoms with Crippen LogP contribution >= 0.6 is 0 Å². The maximum atomic E-state index is 12.8. The van der Waals surface area contributed by atoms with Crippen LogP contribution in [0.3, 0.4) is 0 Å². The average Bonchev–Trinajstić information content (AvgIpc) is 2.55.